The Kier molecular flexibility index (Phi) is 18.1. The Morgan fingerprint density at radius 2 is 1.57 bits per heavy atom. The molecule has 0 radical (unpaired) electrons. The summed E-state index contributed by atoms with van der Waals surface area (Å²) in [4.78, 5) is 70.7. The van der Waals surface area contributed by atoms with Crippen LogP contribution in [-0.2, 0) is 37.0 Å². The van der Waals surface area contributed by atoms with Gasteiger partial charge in [0.25, 0.3) is 0 Å². The highest BCUT2D eigenvalue weighted by atomic mass is 16.6. The van der Waals surface area contributed by atoms with Crippen molar-refractivity contribution in [1.29, 1.82) is 0 Å². The summed E-state index contributed by atoms with van der Waals surface area (Å²) in [5.74, 6) is -3.21. The Labute approximate surface area is 320 Å². The first-order chi connectivity index (χ1) is 25.2. The van der Waals surface area contributed by atoms with Crippen LogP contribution in [0.2, 0.25) is 0 Å². The first-order valence-corrected chi connectivity index (χ1v) is 18.9. The minimum atomic E-state index is -1.21. The quantitative estimate of drug-likeness (QED) is 0.117. The maximum absolute atomic E-state index is 13.9. The summed E-state index contributed by atoms with van der Waals surface area (Å²) >= 11 is 0. The number of nitrogens with one attached hydrogen (secondary N) is 5. The molecule has 0 saturated carbocycles. The highest BCUT2D eigenvalue weighted by molar-refractivity contribution is 5.90. The van der Waals surface area contributed by atoms with Crippen LogP contribution in [0.15, 0.2) is 30.5 Å². The van der Waals surface area contributed by atoms with Crippen LogP contribution in [-0.4, -0.2) is 86.0 Å². The zero-order valence-corrected chi connectivity index (χ0v) is 34.0. The molecule has 2 rings (SSSR count). The van der Waals surface area contributed by atoms with E-state index < -0.39 is 65.5 Å². The van der Waals surface area contributed by atoms with Gasteiger partial charge in [0.2, 0.25) is 23.6 Å². The van der Waals surface area contributed by atoms with Crippen LogP contribution in [0.1, 0.15) is 98.7 Å². The number of aryl methyl sites for hydroxylation is 2. The maximum Gasteiger partial charge on any atom is 0.407 e. The van der Waals surface area contributed by atoms with Crippen molar-refractivity contribution < 1.29 is 33.8 Å². The Morgan fingerprint density at radius 3 is 2.11 bits per heavy atom. The summed E-state index contributed by atoms with van der Waals surface area (Å²) < 4.78 is 7.10. The van der Waals surface area contributed by atoms with E-state index in [-0.39, 0.29) is 37.3 Å². The van der Waals surface area contributed by atoms with Crippen molar-refractivity contribution in [3.8, 4) is 0 Å². The van der Waals surface area contributed by atoms with Gasteiger partial charge in [0.1, 0.15) is 17.7 Å². The van der Waals surface area contributed by atoms with E-state index in [0.717, 1.165) is 11.4 Å². The zero-order chi connectivity index (χ0) is 40.7. The summed E-state index contributed by atoms with van der Waals surface area (Å²) in [7, 11) is 0. The maximum atomic E-state index is 13.9. The lowest BCUT2D eigenvalue weighted by Gasteiger charge is -2.30. The number of aliphatic hydroxyl groups is 1. The third kappa shape index (κ3) is 15.8. The molecule has 0 aromatic carbocycles. The Balaban J connectivity index is 2.19. The van der Waals surface area contributed by atoms with Gasteiger partial charge in [0, 0.05) is 17.8 Å². The molecule has 2 aromatic heterocycles. The van der Waals surface area contributed by atoms with Gasteiger partial charge in [-0.05, 0) is 83.9 Å². The second-order valence-corrected chi connectivity index (χ2v) is 15.9. The number of carbonyl (C=O) groups excluding carboxylic acids is 5. The average molecular weight is 757 g/mol. The second kappa shape index (κ2) is 21.4. The molecule has 0 aliphatic rings. The summed E-state index contributed by atoms with van der Waals surface area (Å²) in [6.07, 6.45) is 0.537. The van der Waals surface area contributed by atoms with E-state index in [9.17, 15) is 29.1 Å². The van der Waals surface area contributed by atoms with E-state index in [0.29, 0.717) is 25.1 Å². The molecular weight excluding hydrogens is 692 g/mol. The standard InChI is InChI=1S/C39H64N8O7/c1-12-28(22-47-27(8)19-26(7)46-47)35(50)44-31(21-42-38(53)54-39(9,10)11)36(51)43-30(17-23(2)3)32(48)18-25(6)34(49)45-33(24(4)5)37(52)41-20-29-15-13-14-16-40-29/h13-16,19,23-25,28,30-33,48H,12,17-18,20-22H2,1-11H3,(H,41,52)(H,42,53)(H,43,51)(H,44,50)(H,45,49)/t25-,28+,30+,31+,32+,33+/m1/s1. The van der Waals surface area contributed by atoms with Gasteiger partial charge in [-0.25, -0.2) is 4.79 Å². The number of rotatable bonds is 20. The number of aromatic nitrogens is 3. The summed E-state index contributed by atoms with van der Waals surface area (Å²) in [5, 5.41) is 29.8. The third-order valence-electron chi connectivity index (χ3n) is 8.82. The van der Waals surface area contributed by atoms with Crippen molar-refractivity contribution in [2.45, 2.75) is 138 Å². The molecule has 0 aliphatic heterocycles. The first-order valence-electron chi connectivity index (χ1n) is 18.9. The average Bonchev–Trinajstić information content (AvgIpc) is 3.40. The molecule has 5 amide bonds. The molecule has 6 N–H and O–H groups in total. The fraction of sp³-hybridized carbons (Fsp3) is 0.667. The number of alkyl carbamates (subject to hydrolysis) is 1. The number of aliphatic hydroxyl groups excluding tert-OH is 1. The molecule has 54 heavy (non-hydrogen) atoms. The lowest BCUT2D eigenvalue weighted by molar-refractivity contribution is -0.133. The normalized spacial score (nSPS) is 15.0. The van der Waals surface area contributed by atoms with Crippen LogP contribution in [0.4, 0.5) is 4.79 Å². The van der Waals surface area contributed by atoms with Crippen molar-refractivity contribution in [3.63, 3.8) is 0 Å². The van der Waals surface area contributed by atoms with E-state index in [2.05, 4.69) is 36.7 Å². The highest BCUT2D eigenvalue weighted by Gasteiger charge is 2.33. The Bertz CT molecular complexity index is 1520. The van der Waals surface area contributed by atoms with Crippen molar-refractivity contribution >= 4 is 29.7 Å². The van der Waals surface area contributed by atoms with Gasteiger partial charge in [-0.3, -0.25) is 28.8 Å². The van der Waals surface area contributed by atoms with E-state index in [1.807, 2.05) is 60.6 Å². The summed E-state index contributed by atoms with van der Waals surface area (Å²) in [6.45, 7) is 20.2. The Hall–Kier alpha value is -4.53. The molecule has 0 spiro atoms. The highest BCUT2D eigenvalue weighted by Crippen LogP contribution is 2.17. The molecule has 15 nitrogen and oxygen atoms in total. The van der Waals surface area contributed by atoms with Gasteiger partial charge < -0.3 is 36.4 Å². The predicted molar refractivity (Wildman–Crippen MR) is 206 cm³/mol. The third-order valence-corrected chi connectivity index (χ3v) is 8.82. The lowest BCUT2D eigenvalue weighted by Crippen LogP contribution is -2.58. The van der Waals surface area contributed by atoms with Crippen LogP contribution in [0.5, 0.6) is 0 Å². The molecule has 0 bridgehead atoms. The van der Waals surface area contributed by atoms with E-state index >= 15 is 0 Å². The van der Waals surface area contributed by atoms with Crippen LogP contribution in [0.25, 0.3) is 0 Å². The van der Waals surface area contributed by atoms with Crippen LogP contribution >= 0.6 is 0 Å². The molecule has 302 valence electrons. The fourth-order valence-corrected chi connectivity index (χ4v) is 5.82. The molecule has 0 saturated heterocycles. The monoisotopic (exact) mass is 756 g/mol. The number of hydrogen-bond acceptors (Lipinski definition) is 9. The van der Waals surface area contributed by atoms with Gasteiger partial charge in [-0.15, -0.1) is 0 Å². The molecule has 2 aromatic rings. The second-order valence-electron chi connectivity index (χ2n) is 15.9. The molecular formula is C39H64N8O7. The number of carbonyl (C=O) groups is 5. The first kappa shape index (κ1) is 45.6. The van der Waals surface area contributed by atoms with Gasteiger partial charge in [0.05, 0.1) is 49.1 Å². The van der Waals surface area contributed by atoms with Gasteiger partial charge in [-0.2, -0.15) is 5.10 Å². The van der Waals surface area contributed by atoms with Crippen molar-refractivity contribution in [2.75, 3.05) is 6.54 Å². The van der Waals surface area contributed by atoms with Crippen molar-refractivity contribution in [1.82, 2.24) is 41.3 Å². The van der Waals surface area contributed by atoms with Crippen molar-refractivity contribution in [2.24, 2.45) is 23.7 Å². The fourth-order valence-electron chi connectivity index (χ4n) is 5.82. The van der Waals surface area contributed by atoms with E-state index in [1.165, 1.54) is 0 Å². The van der Waals surface area contributed by atoms with Gasteiger partial charge >= 0.3 is 6.09 Å². The van der Waals surface area contributed by atoms with Gasteiger partial charge in [0.15, 0.2) is 0 Å². The van der Waals surface area contributed by atoms with Gasteiger partial charge in [-0.1, -0.05) is 47.6 Å². The lowest BCUT2D eigenvalue weighted by atomic mass is 9.91. The minimum Gasteiger partial charge on any atom is -0.444 e. The SMILES string of the molecule is CC[C@@H](Cn1nc(C)cc1C)C(=O)N[C@@H](CNC(=O)OC(C)(C)C)C(=O)N[C@@H](CC(C)C)[C@@H](O)C[C@@H](C)C(=O)N[C@H](C(=O)NCc1ccccn1)C(C)C. The molecule has 0 fully saturated rings. The number of pyridine rings is 1. The number of amides is 5. The zero-order valence-electron chi connectivity index (χ0n) is 34.0. The molecule has 2 heterocycles. The molecule has 15 heteroatoms. The van der Waals surface area contributed by atoms with Crippen LogP contribution in [0.3, 0.4) is 0 Å². The Morgan fingerprint density at radius 1 is 0.889 bits per heavy atom. The largest absolute Gasteiger partial charge is 0.444 e. The molecule has 0 aliphatic carbocycles. The van der Waals surface area contributed by atoms with E-state index in [4.69, 9.17) is 4.74 Å². The smallest absolute Gasteiger partial charge is 0.407 e. The number of hydrogen-bond donors (Lipinski definition) is 6. The van der Waals surface area contributed by atoms with Crippen LogP contribution in [0, 0.1) is 37.5 Å². The summed E-state index contributed by atoms with van der Waals surface area (Å²) in [6, 6.07) is 4.49. The minimum absolute atomic E-state index is 0.0163. The summed E-state index contributed by atoms with van der Waals surface area (Å²) in [5.41, 5.74) is 1.62. The number of nitrogens with zero attached hydrogens (tertiary/aromatic N) is 3. The topological polar surface area (TPSA) is 206 Å². The van der Waals surface area contributed by atoms with Crippen molar-refractivity contribution in [3.05, 3.63) is 47.5 Å². The molecule has 6 atom stereocenters. The molecule has 0 unspecified atom stereocenters. The van der Waals surface area contributed by atoms with Crippen LogP contribution < -0.4 is 26.6 Å². The number of ether oxygens (including phenoxy) is 1. The van der Waals surface area contributed by atoms with E-state index in [1.54, 1.807) is 50.7 Å². The predicted octanol–water partition coefficient (Wildman–Crippen LogP) is 3.31.